The number of hydrogen-bond acceptors (Lipinski definition) is 2. The molecule has 0 aromatic heterocycles. The third-order valence-corrected chi connectivity index (χ3v) is 2.80. The van der Waals surface area contributed by atoms with Crippen molar-refractivity contribution in [3.05, 3.63) is 40.9 Å². The molecule has 0 saturated heterocycles. The van der Waals surface area contributed by atoms with E-state index >= 15 is 0 Å². The summed E-state index contributed by atoms with van der Waals surface area (Å²) >= 11 is 5.96. The lowest BCUT2D eigenvalue weighted by Gasteiger charge is -2.01. The molecule has 1 amide bonds. The van der Waals surface area contributed by atoms with E-state index in [4.69, 9.17) is 16.7 Å². The van der Waals surface area contributed by atoms with Gasteiger partial charge in [0.2, 0.25) is 5.91 Å². The summed E-state index contributed by atoms with van der Waals surface area (Å²) in [7, 11) is 0. The molecule has 0 fully saturated rings. The number of aliphatic hydroxyl groups is 1. The van der Waals surface area contributed by atoms with Gasteiger partial charge in [0.15, 0.2) is 0 Å². The normalized spacial score (nSPS) is 10.8. The Morgan fingerprint density at radius 1 is 1.28 bits per heavy atom. The largest absolute Gasteiger partial charge is 0.396 e. The first-order valence-electron chi connectivity index (χ1n) is 6.05. The Morgan fingerprint density at radius 2 is 2.06 bits per heavy atom. The summed E-state index contributed by atoms with van der Waals surface area (Å²) in [5.74, 6) is -0.126. The number of amides is 1. The van der Waals surface area contributed by atoms with Crippen LogP contribution in [0.5, 0.6) is 0 Å². The first kappa shape index (κ1) is 14.7. The van der Waals surface area contributed by atoms with Crippen molar-refractivity contribution < 1.29 is 9.90 Å². The molecule has 0 spiro atoms. The number of unbranched alkanes of at least 4 members (excludes halogenated alkanes) is 2. The van der Waals surface area contributed by atoms with Gasteiger partial charge in [-0.05, 0) is 37.0 Å². The molecule has 4 heteroatoms. The van der Waals surface area contributed by atoms with Gasteiger partial charge in [0, 0.05) is 24.3 Å². The van der Waals surface area contributed by atoms with Crippen LogP contribution in [0.3, 0.4) is 0 Å². The molecule has 18 heavy (non-hydrogen) atoms. The fourth-order valence-electron chi connectivity index (χ4n) is 1.46. The Balaban J connectivity index is 2.30. The minimum Gasteiger partial charge on any atom is -0.396 e. The summed E-state index contributed by atoms with van der Waals surface area (Å²) < 4.78 is 0. The first-order valence-corrected chi connectivity index (χ1v) is 6.43. The van der Waals surface area contributed by atoms with Gasteiger partial charge in [-0.25, -0.2) is 0 Å². The highest BCUT2D eigenvalue weighted by Gasteiger charge is 1.97. The maximum atomic E-state index is 11.5. The summed E-state index contributed by atoms with van der Waals surface area (Å²) in [4.78, 5) is 11.5. The van der Waals surface area contributed by atoms with Crippen LogP contribution in [-0.2, 0) is 4.79 Å². The van der Waals surface area contributed by atoms with E-state index in [0.29, 0.717) is 11.6 Å². The topological polar surface area (TPSA) is 49.3 Å². The van der Waals surface area contributed by atoms with Crippen molar-refractivity contribution in [2.24, 2.45) is 0 Å². The summed E-state index contributed by atoms with van der Waals surface area (Å²) in [6, 6.07) is 7.36. The van der Waals surface area contributed by atoms with E-state index in [1.807, 2.05) is 18.2 Å². The average molecular weight is 268 g/mol. The average Bonchev–Trinajstić information content (AvgIpc) is 2.37. The van der Waals surface area contributed by atoms with Crippen LogP contribution in [0.4, 0.5) is 0 Å². The predicted octanol–water partition coefficient (Wildman–Crippen LogP) is 2.63. The minimum absolute atomic E-state index is 0.126. The lowest BCUT2D eigenvalue weighted by Crippen LogP contribution is -2.22. The Kier molecular flexibility index (Phi) is 7.14. The van der Waals surface area contributed by atoms with E-state index < -0.39 is 0 Å². The van der Waals surface area contributed by atoms with Crippen molar-refractivity contribution in [1.82, 2.24) is 5.32 Å². The summed E-state index contributed by atoms with van der Waals surface area (Å²) in [5.41, 5.74) is 0.828. The number of hydrogen-bond donors (Lipinski definition) is 2. The molecular formula is C14H18ClNO2. The van der Waals surface area contributed by atoms with Crippen molar-refractivity contribution in [3.8, 4) is 0 Å². The number of nitrogens with one attached hydrogen (secondary N) is 1. The SMILES string of the molecule is O=C(/C=C/c1ccccc1Cl)NCCCCCO. The molecule has 2 N–H and O–H groups in total. The molecule has 3 nitrogen and oxygen atoms in total. The molecule has 0 atom stereocenters. The van der Waals surface area contributed by atoms with E-state index in [1.165, 1.54) is 6.08 Å². The molecule has 0 radical (unpaired) electrons. The molecule has 0 saturated carbocycles. The van der Waals surface area contributed by atoms with Crippen molar-refractivity contribution in [3.63, 3.8) is 0 Å². The molecule has 0 unspecified atom stereocenters. The van der Waals surface area contributed by atoms with E-state index in [0.717, 1.165) is 24.8 Å². The molecule has 1 aromatic rings. The van der Waals surface area contributed by atoms with Gasteiger partial charge in [0.05, 0.1) is 0 Å². The minimum atomic E-state index is -0.126. The van der Waals surface area contributed by atoms with Gasteiger partial charge in [-0.3, -0.25) is 4.79 Å². The molecule has 0 aliphatic carbocycles. The van der Waals surface area contributed by atoms with Gasteiger partial charge < -0.3 is 10.4 Å². The maximum absolute atomic E-state index is 11.5. The van der Waals surface area contributed by atoms with E-state index in [9.17, 15) is 4.79 Å². The van der Waals surface area contributed by atoms with Crippen LogP contribution in [0.25, 0.3) is 6.08 Å². The van der Waals surface area contributed by atoms with Crippen LogP contribution >= 0.6 is 11.6 Å². The first-order chi connectivity index (χ1) is 8.74. The zero-order valence-electron chi connectivity index (χ0n) is 10.2. The molecule has 1 rings (SSSR count). The Bertz CT molecular complexity index is 405. The monoisotopic (exact) mass is 267 g/mol. The number of benzene rings is 1. The van der Waals surface area contributed by atoms with Gasteiger partial charge in [0.25, 0.3) is 0 Å². The number of aliphatic hydroxyl groups excluding tert-OH is 1. The third kappa shape index (κ3) is 5.84. The smallest absolute Gasteiger partial charge is 0.243 e. The van der Waals surface area contributed by atoms with Crippen molar-refractivity contribution in [2.75, 3.05) is 13.2 Å². The quantitative estimate of drug-likeness (QED) is 0.589. The Morgan fingerprint density at radius 3 is 2.78 bits per heavy atom. The fourth-order valence-corrected chi connectivity index (χ4v) is 1.66. The second kappa shape index (κ2) is 8.72. The van der Waals surface area contributed by atoms with Crippen LogP contribution in [0.2, 0.25) is 5.02 Å². The molecule has 0 bridgehead atoms. The van der Waals surface area contributed by atoms with Crippen LogP contribution in [-0.4, -0.2) is 24.2 Å². The summed E-state index contributed by atoms with van der Waals surface area (Å²) in [5, 5.41) is 12.0. The Hall–Kier alpha value is -1.32. The Labute approximate surface area is 112 Å². The second-order valence-electron chi connectivity index (χ2n) is 3.93. The van der Waals surface area contributed by atoms with E-state index in [2.05, 4.69) is 5.32 Å². The van der Waals surface area contributed by atoms with E-state index in [1.54, 1.807) is 12.1 Å². The summed E-state index contributed by atoms with van der Waals surface area (Å²) in [6.07, 6.45) is 5.77. The zero-order chi connectivity index (χ0) is 13.2. The molecule has 98 valence electrons. The summed E-state index contributed by atoms with van der Waals surface area (Å²) in [6.45, 7) is 0.839. The lowest BCUT2D eigenvalue weighted by molar-refractivity contribution is -0.116. The third-order valence-electron chi connectivity index (χ3n) is 2.45. The molecule has 0 aliphatic rings. The standard InChI is InChI=1S/C14H18ClNO2/c15-13-7-3-2-6-12(13)8-9-14(18)16-10-4-1-5-11-17/h2-3,6-9,17H,1,4-5,10-11H2,(H,16,18)/b9-8+. The highest BCUT2D eigenvalue weighted by molar-refractivity contribution is 6.32. The van der Waals surface area contributed by atoms with Gasteiger partial charge in [-0.1, -0.05) is 29.8 Å². The zero-order valence-corrected chi connectivity index (χ0v) is 11.0. The lowest BCUT2D eigenvalue weighted by atomic mass is 10.2. The van der Waals surface area contributed by atoms with Crippen LogP contribution in [0.15, 0.2) is 30.3 Å². The van der Waals surface area contributed by atoms with Crippen LogP contribution in [0, 0.1) is 0 Å². The second-order valence-corrected chi connectivity index (χ2v) is 4.34. The molecular weight excluding hydrogens is 250 g/mol. The van der Waals surface area contributed by atoms with Crippen molar-refractivity contribution >= 4 is 23.6 Å². The van der Waals surface area contributed by atoms with Crippen LogP contribution < -0.4 is 5.32 Å². The van der Waals surface area contributed by atoms with Crippen molar-refractivity contribution in [1.29, 1.82) is 0 Å². The van der Waals surface area contributed by atoms with Gasteiger partial charge in [-0.15, -0.1) is 0 Å². The van der Waals surface area contributed by atoms with Gasteiger partial charge >= 0.3 is 0 Å². The number of rotatable bonds is 7. The number of halogens is 1. The predicted molar refractivity (Wildman–Crippen MR) is 74.4 cm³/mol. The van der Waals surface area contributed by atoms with Gasteiger partial charge in [0.1, 0.15) is 0 Å². The molecule has 0 heterocycles. The highest BCUT2D eigenvalue weighted by Crippen LogP contribution is 2.15. The highest BCUT2D eigenvalue weighted by atomic mass is 35.5. The molecule has 0 aliphatic heterocycles. The fraction of sp³-hybridized carbons (Fsp3) is 0.357. The number of carbonyl (C=O) groups excluding carboxylic acids is 1. The van der Waals surface area contributed by atoms with Crippen molar-refractivity contribution in [2.45, 2.75) is 19.3 Å². The van der Waals surface area contributed by atoms with Gasteiger partial charge in [-0.2, -0.15) is 0 Å². The van der Waals surface area contributed by atoms with Crippen LogP contribution in [0.1, 0.15) is 24.8 Å². The van der Waals surface area contributed by atoms with E-state index in [-0.39, 0.29) is 12.5 Å². The molecule has 1 aromatic carbocycles. The maximum Gasteiger partial charge on any atom is 0.243 e. The number of carbonyl (C=O) groups is 1.